The van der Waals surface area contributed by atoms with Crippen LogP contribution in [0.25, 0.3) is 0 Å². The summed E-state index contributed by atoms with van der Waals surface area (Å²) in [5.41, 5.74) is 1.12. The maximum Gasteiger partial charge on any atom is 0.0379 e. The first kappa shape index (κ1) is 8.81. The van der Waals surface area contributed by atoms with Crippen molar-refractivity contribution in [2.24, 2.45) is 0 Å². The van der Waals surface area contributed by atoms with Crippen LogP contribution in [0.1, 0.15) is 0 Å². The first-order valence-electron chi connectivity index (χ1n) is 4.04. The van der Waals surface area contributed by atoms with E-state index in [0.29, 0.717) is 0 Å². The van der Waals surface area contributed by atoms with Crippen molar-refractivity contribution >= 4 is 5.69 Å². The second-order valence-electron chi connectivity index (χ2n) is 2.47. The van der Waals surface area contributed by atoms with Gasteiger partial charge in [0.05, 0.1) is 0 Å². The number of benzene rings is 1. The molecule has 0 saturated carbocycles. The molecule has 0 radical (unpaired) electrons. The zero-order valence-corrected chi connectivity index (χ0v) is 7.25. The fourth-order valence-corrected chi connectivity index (χ4v) is 0.866. The van der Waals surface area contributed by atoms with E-state index < -0.39 is 0 Å². The second kappa shape index (κ2) is 5.38. The smallest absolute Gasteiger partial charge is 0.0379 e. The Labute approximate surface area is 73.3 Å². The van der Waals surface area contributed by atoms with E-state index in [4.69, 9.17) is 0 Å². The summed E-state index contributed by atoms with van der Waals surface area (Å²) in [6.07, 6.45) is 3.97. The Morgan fingerprint density at radius 2 is 2.00 bits per heavy atom. The van der Waals surface area contributed by atoms with E-state index >= 15 is 0 Å². The Hall–Kier alpha value is -1.28. The molecule has 1 aromatic rings. The molecule has 0 aliphatic rings. The van der Waals surface area contributed by atoms with E-state index in [1.165, 1.54) is 0 Å². The van der Waals surface area contributed by atoms with Crippen molar-refractivity contribution in [3.63, 3.8) is 0 Å². The molecule has 0 aliphatic heterocycles. The van der Waals surface area contributed by atoms with Gasteiger partial charge in [-0.25, -0.2) is 0 Å². The van der Waals surface area contributed by atoms with E-state index in [0.717, 1.165) is 12.2 Å². The molecule has 12 heavy (non-hydrogen) atoms. The molecule has 64 valence electrons. The third-order valence-corrected chi connectivity index (χ3v) is 1.46. The number of nitrogens with one attached hydrogen (secondary N) is 2. The minimum absolute atomic E-state index is 0.889. The van der Waals surface area contributed by atoms with Crippen LogP contribution in [-0.2, 0) is 0 Å². The van der Waals surface area contributed by atoms with Crippen LogP contribution in [-0.4, -0.2) is 13.6 Å². The first-order valence-corrected chi connectivity index (χ1v) is 4.04. The van der Waals surface area contributed by atoms with Crippen molar-refractivity contribution in [1.29, 1.82) is 0 Å². The van der Waals surface area contributed by atoms with Gasteiger partial charge in [0, 0.05) is 12.2 Å². The van der Waals surface area contributed by atoms with E-state index in [-0.39, 0.29) is 0 Å². The van der Waals surface area contributed by atoms with E-state index in [1.54, 1.807) is 0 Å². The average Bonchev–Trinajstić information content (AvgIpc) is 2.14. The highest BCUT2D eigenvalue weighted by molar-refractivity contribution is 5.44. The summed E-state index contributed by atoms with van der Waals surface area (Å²) in [5.74, 6) is 0. The third kappa shape index (κ3) is 3.21. The summed E-state index contributed by atoms with van der Waals surface area (Å²) in [4.78, 5) is 0. The highest BCUT2D eigenvalue weighted by Crippen LogP contribution is 2.03. The van der Waals surface area contributed by atoms with Crippen molar-refractivity contribution in [2.45, 2.75) is 0 Å². The Balaban J connectivity index is 2.33. The summed E-state index contributed by atoms with van der Waals surface area (Å²) >= 11 is 0. The minimum atomic E-state index is 0.889. The van der Waals surface area contributed by atoms with Crippen molar-refractivity contribution in [3.05, 3.63) is 42.6 Å². The molecule has 1 rings (SSSR count). The van der Waals surface area contributed by atoms with Crippen LogP contribution in [0.2, 0.25) is 0 Å². The number of anilines is 1. The molecule has 0 spiro atoms. The number of hydrogen-bond donors (Lipinski definition) is 2. The van der Waals surface area contributed by atoms with Gasteiger partial charge in [-0.3, -0.25) is 0 Å². The van der Waals surface area contributed by atoms with Crippen LogP contribution in [0, 0.1) is 0 Å². The standard InChI is InChI=1S/C10H14N2/c1-11-8-5-9-12-10-6-3-2-4-7-10/h2-7,9,11-12H,8H2,1H3/b9-5+. The lowest BCUT2D eigenvalue weighted by molar-refractivity contribution is 0.919. The predicted octanol–water partition coefficient (Wildman–Crippen LogP) is 1.83. The fraction of sp³-hybridized carbons (Fsp3) is 0.200. The summed E-state index contributed by atoms with van der Waals surface area (Å²) in [5, 5.41) is 6.19. The van der Waals surface area contributed by atoms with Crippen LogP contribution in [0.15, 0.2) is 42.6 Å². The molecule has 0 aromatic heterocycles. The molecule has 0 heterocycles. The predicted molar refractivity (Wildman–Crippen MR) is 53.1 cm³/mol. The lowest BCUT2D eigenvalue weighted by atomic mass is 10.3. The highest BCUT2D eigenvalue weighted by Gasteiger charge is 1.81. The summed E-state index contributed by atoms with van der Waals surface area (Å²) < 4.78 is 0. The van der Waals surface area contributed by atoms with Crippen LogP contribution in [0.3, 0.4) is 0 Å². The van der Waals surface area contributed by atoms with E-state index in [2.05, 4.69) is 10.6 Å². The van der Waals surface area contributed by atoms with Crippen molar-refractivity contribution in [3.8, 4) is 0 Å². The molecule has 2 heteroatoms. The zero-order valence-electron chi connectivity index (χ0n) is 7.25. The maximum atomic E-state index is 3.16. The summed E-state index contributed by atoms with van der Waals surface area (Å²) in [6.45, 7) is 0.889. The molecular weight excluding hydrogens is 148 g/mol. The molecule has 2 N–H and O–H groups in total. The Morgan fingerprint density at radius 1 is 1.25 bits per heavy atom. The molecule has 0 aliphatic carbocycles. The van der Waals surface area contributed by atoms with Gasteiger partial charge in [0.1, 0.15) is 0 Å². The van der Waals surface area contributed by atoms with Crippen LogP contribution < -0.4 is 10.6 Å². The molecule has 0 saturated heterocycles. The van der Waals surface area contributed by atoms with E-state index in [9.17, 15) is 0 Å². The second-order valence-corrected chi connectivity index (χ2v) is 2.47. The molecule has 0 unspecified atom stereocenters. The number of rotatable bonds is 4. The number of likely N-dealkylation sites (N-methyl/N-ethyl adjacent to an activating group) is 1. The van der Waals surface area contributed by atoms with Gasteiger partial charge in [-0.05, 0) is 25.4 Å². The van der Waals surface area contributed by atoms with Gasteiger partial charge in [0.2, 0.25) is 0 Å². The van der Waals surface area contributed by atoms with Crippen molar-refractivity contribution < 1.29 is 0 Å². The van der Waals surface area contributed by atoms with Gasteiger partial charge in [-0.15, -0.1) is 0 Å². The SMILES string of the molecule is CNC/C=C/Nc1ccccc1. The van der Waals surface area contributed by atoms with Crippen LogP contribution in [0.5, 0.6) is 0 Å². The van der Waals surface area contributed by atoms with Crippen LogP contribution >= 0.6 is 0 Å². The topological polar surface area (TPSA) is 24.1 Å². The molecule has 0 amide bonds. The molecule has 1 aromatic carbocycles. The lowest BCUT2D eigenvalue weighted by Gasteiger charge is -1.98. The molecule has 0 fully saturated rings. The third-order valence-electron chi connectivity index (χ3n) is 1.46. The van der Waals surface area contributed by atoms with Crippen LogP contribution in [0.4, 0.5) is 5.69 Å². The largest absolute Gasteiger partial charge is 0.362 e. The van der Waals surface area contributed by atoms with E-state index in [1.807, 2.05) is 49.7 Å². The molecular formula is C10H14N2. The monoisotopic (exact) mass is 162 g/mol. The molecule has 0 bridgehead atoms. The number of hydrogen-bond acceptors (Lipinski definition) is 2. The highest BCUT2D eigenvalue weighted by atomic mass is 14.8. The first-order chi connectivity index (χ1) is 5.93. The summed E-state index contributed by atoms with van der Waals surface area (Å²) in [7, 11) is 1.92. The van der Waals surface area contributed by atoms with Gasteiger partial charge in [0.25, 0.3) is 0 Å². The lowest BCUT2D eigenvalue weighted by Crippen LogP contribution is -2.04. The Bertz CT molecular complexity index is 229. The zero-order chi connectivity index (χ0) is 8.65. The minimum Gasteiger partial charge on any atom is -0.362 e. The summed E-state index contributed by atoms with van der Waals surface area (Å²) in [6, 6.07) is 10.1. The molecule has 0 atom stereocenters. The fourth-order valence-electron chi connectivity index (χ4n) is 0.866. The number of para-hydroxylation sites is 1. The van der Waals surface area contributed by atoms with Gasteiger partial charge in [-0.2, -0.15) is 0 Å². The maximum absolute atomic E-state index is 3.16. The quantitative estimate of drug-likeness (QED) is 0.705. The average molecular weight is 162 g/mol. The van der Waals surface area contributed by atoms with Gasteiger partial charge in [-0.1, -0.05) is 24.3 Å². The van der Waals surface area contributed by atoms with Crippen molar-refractivity contribution in [2.75, 3.05) is 18.9 Å². The van der Waals surface area contributed by atoms with Gasteiger partial charge in [0.15, 0.2) is 0 Å². The molecule has 2 nitrogen and oxygen atoms in total. The Kier molecular flexibility index (Phi) is 3.95. The Morgan fingerprint density at radius 3 is 2.67 bits per heavy atom. The normalized spacial score (nSPS) is 10.4. The van der Waals surface area contributed by atoms with Gasteiger partial charge >= 0.3 is 0 Å². The van der Waals surface area contributed by atoms with Crippen molar-refractivity contribution in [1.82, 2.24) is 5.32 Å². The van der Waals surface area contributed by atoms with Gasteiger partial charge < -0.3 is 10.6 Å².